The van der Waals surface area contributed by atoms with Gasteiger partial charge >= 0.3 is 12.1 Å². The number of alkyl carbamates (subject to hydrolysis) is 1. The summed E-state index contributed by atoms with van der Waals surface area (Å²) in [7, 11) is 1.20. The van der Waals surface area contributed by atoms with E-state index in [1.807, 2.05) is 13.2 Å². The lowest BCUT2D eigenvalue weighted by molar-refractivity contribution is -0.146. The molecule has 10 nitrogen and oxygen atoms in total. The normalized spacial score (nSPS) is 13.6. The number of hydrogen-bond acceptors (Lipinski definition) is 8. The van der Waals surface area contributed by atoms with Gasteiger partial charge in [0, 0.05) is 11.6 Å². The summed E-state index contributed by atoms with van der Waals surface area (Å²) < 4.78 is 9.96. The van der Waals surface area contributed by atoms with Crippen LogP contribution >= 0.6 is 11.8 Å². The van der Waals surface area contributed by atoms with Crippen LogP contribution in [0.3, 0.4) is 0 Å². The highest BCUT2D eigenvalue weighted by Crippen LogP contribution is 2.32. The van der Waals surface area contributed by atoms with Crippen molar-refractivity contribution in [1.82, 2.24) is 15.5 Å². The number of para-hydroxylation sites is 1. The summed E-state index contributed by atoms with van der Waals surface area (Å²) in [5.41, 5.74) is -0.575. The third-order valence-corrected chi connectivity index (χ3v) is 5.96. The summed E-state index contributed by atoms with van der Waals surface area (Å²) >= 11 is 1.51. The minimum Gasteiger partial charge on any atom is -0.508 e. The molecule has 1 rings (SSSR count). The van der Waals surface area contributed by atoms with Crippen molar-refractivity contribution in [3.63, 3.8) is 0 Å². The molecule has 0 saturated carbocycles. The first-order valence-electron chi connectivity index (χ1n) is 11.8. The maximum atomic E-state index is 14.0. The van der Waals surface area contributed by atoms with Crippen LogP contribution in [0.15, 0.2) is 24.3 Å². The molecule has 3 N–H and O–H groups in total. The summed E-state index contributed by atoms with van der Waals surface area (Å²) in [6.45, 7) is 8.38. The first-order chi connectivity index (χ1) is 16.9. The molecule has 202 valence electrons. The molecule has 0 fully saturated rings. The molecule has 0 bridgehead atoms. The van der Waals surface area contributed by atoms with Gasteiger partial charge in [0.15, 0.2) is 0 Å². The molecule has 0 spiro atoms. The number of amides is 3. The number of phenolic OH excluding ortho intramolecular Hbond substituents is 1. The van der Waals surface area contributed by atoms with E-state index >= 15 is 0 Å². The third-order valence-electron chi connectivity index (χ3n) is 5.31. The summed E-state index contributed by atoms with van der Waals surface area (Å²) in [5.74, 6) is -1.46. The van der Waals surface area contributed by atoms with Crippen LogP contribution in [0.1, 0.15) is 59.1 Å². The Balaban J connectivity index is 3.50. The van der Waals surface area contributed by atoms with Crippen molar-refractivity contribution < 1.29 is 33.8 Å². The number of nitrogens with zero attached hydrogens (tertiary/aromatic N) is 1. The number of rotatable bonds is 12. The molecule has 0 saturated heterocycles. The number of hydrogen-bond donors (Lipinski definition) is 3. The topological polar surface area (TPSA) is 134 Å². The zero-order chi connectivity index (χ0) is 27.5. The molecule has 3 amide bonds. The maximum absolute atomic E-state index is 14.0. The second-order valence-electron chi connectivity index (χ2n) is 9.24. The number of carbonyl (C=O) groups excluding carboxylic acids is 4. The van der Waals surface area contributed by atoms with E-state index in [4.69, 9.17) is 4.74 Å². The predicted octanol–water partition coefficient (Wildman–Crippen LogP) is 3.00. The molecule has 0 aliphatic rings. The second-order valence-corrected chi connectivity index (χ2v) is 10.2. The molecule has 11 heteroatoms. The van der Waals surface area contributed by atoms with Crippen molar-refractivity contribution in [3.05, 3.63) is 29.8 Å². The van der Waals surface area contributed by atoms with Crippen molar-refractivity contribution in [1.29, 1.82) is 0 Å². The second kappa shape index (κ2) is 14.6. The van der Waals surface area contributed by atoms with Crippen LogP contribution in [0.25, 0.3) is 0 Å². The molecular weight excluding hydrogens is 486 g/mol. The Morgan fingerprint density at radius 3 is 2.33 bits per heavy atom. The summed E-state index contributed by atoms with van der Waals surface area (Å²) in [6.07, 6.45) is 1.91. The first-order valence-corrected chi connectivity index (χ1v) is 13.2. The molecule has 0 aliphatic carbocycles. The van der Waals surface area contributed by atoms with Gasteiger partial charge < -0.3 is 30.1 Å². The number of aromatic hydroxyl groups is 1. The lowest BCUT2D eigenvalue weighted by Gasteiger charge is -2.38. The summed E-state index contributed by atoms with van der Waals surface area (Å²) in [5, 5.41) is 15.7. The Morgan fingerprint density at radius 2 is 1.81 bits per heavy atom. The average molecular weight is 526 g/mol. The standard InChI is InChI=1S/C25H39N3O7S/c1-8-16(2)28(23(32)18(13-14-36-7)27-24(33)35-25(3,4)5)21(17-11-9-10-12-19(17)29)22(31)26-15-20(30)34-6/h9-12,16,18,21,29H,8,13-15H2,1-7H3,(H,26,31)(H,27,33). The molecule has 0 heterocycles. The maximum Gasteiger partial charge on any atom is 0.408 e. The van der Waals surface area contributed by atoms with E-state index in [9.17, 15) is 24.3 Å². The van der Waals surface area contributed by atoms with Crippen LogP contribution in [0.2, 0.25) is 0 Å². The Labute approximate surface area is 217 Å². The Bertz CT molecular complexity index is 904. The number of thioether (sulfide) groups is 1. The summed E-state index contributed by atoms with van der Waals surface area (Å²) in [6, 6.07) is 3.49. The highest BCUT2D eigenvalue weighted by atomic mass is 32.2. The number of ether oxygens (including phenoxy) is 2. The van der Waals surface area contributed by atoms with E-state index < -0.39 is 54.1 Å². The van der Waals surface area contributed by atoms with Gasteiger partial charge in [-0.2, -0.15) is 11.8 Å². The van der Waals surface area contributed by atoms with Crippen LogP contribution in [-0.4, -0.2) is 77.2 Å². The third kappa shape index (κ3) is 9.60. The SMILES string of the molecule is CCC(C)N(C(=O)C(CCSC)NC(=O)OC(C)(C)C)C(C(=O)NCC(=O)OC)c1ccccc1O. The predicted molar refractivity (Wildman–Crippen MR) is 139 cm³/mol. The molecule has 3 atom stereocenters. The van der Waals surface area contributed by atoms with Crippen molar-refractivity contribution in [2.24, 2.45) is 0 Å². The average Bonchev–Trinajstić information content (AvgIpc) is 2.81. The zero-order valence-corrected chi connectivity index (χ0v) is 22.9. The quantitative estimate of drug-likeness (QED) is 0.355. The van der Waals surface area contributed by atoms with Crippen molar-refractivity contribution in [2.75, 3.05) is 25.7 Å². The van der Waals surface area contributed by atoms with Crippen LogP contribution in [0.4, 0.5) is 4.79 Å². The molecular formula is C25H39N3O7S. The van der Waals surface area contributed by atoms with Gasteiger partial charge in [-0.25, -0.2) is 4.79 Å². The number of phenols is 1. The fourth-order valence-corrected chi connectivity index (χ4v) is 3.85. The Morgan fingerprint density at radius 1 is 1.17 bits per heavy atom. The number of carbonyl (C=O) groups is 4. The van der Waals surface area contributed by atoms with Crippen LogP contribution in [-0.2, 0) is 23.9 Å². The van der Waals surface area contributed by atoms with Gasteiger partial charge in [0.25, 0.3) is 0 Å². The highest BCUT2D eigenvalue weighted by Gasteiger charge is 2.39. The van der Waals surface area contributed by atoms with Gasteiger partial charge in [-0.1, -0.05) is 25.1 Å². The van der Waals surface area contributed by atoms with E-state index in [1.54, 1.807) is 45.9 Å². The van der Waals surface area contributed by atoms with Crippen LogP contribution in [0.5, 0.6) is 5.75 Å². The number of esters is 1. The zero-order valence-electron chi connectivity index (χ0n) is 22.1. The minimum absolute atomic E-state index is 0.183. The van der Waals surface area contributed by atoms with Gasteiger partial charge in [-0.15, -0.1) is 0 Å². The van der Waals surface area contributed by atoms with Gasteiger partial charge in [0.1, 0.15) is 30.0 Å². The van der Waals surface area contributed by atoms with Crippen molar-refractivity contribution in [3.8, 4) is 5.75 Å². The van der Waals surface area contributed by atoms with E-state index in [0.29, 0.717) is 18.6 Å². The number of benzene rings is 1. The molecule has 1 aromatic carbocycles. The fraction of sp³-hybridized carbons (Fsp3) is 0.600. The molecule has 0 aromatic heterocycles. The molecule has 3 unspecified atom stereocenters. The molecule has 0 aliphatic heterocycles. The molecule has 1 aromatic rings. The lowest BCUT2D eigenvalue weighted by atomic mass is 9.98. The van der Waals surface area contributed by atoms with E-state index in [2.05, 4.69) is 15.4 Å². The van der Waals surface area contributed by atoms with E-state index in [0.717, 1.165) is 0 Å². The smallest absolute Gasteiger partial charge is 0.408 e. The molecule has 0 radical (unpaired) electrons. The van der Waals surface area contributed by atoms with Crippen molar-refractivity contribution in [2.45, 2.75) is 71.2 Å². The molecule has 36 heavy (non-hydrogen) atoms. The number of methoxy groups -OCH3 is 1. The van der Waals surface area contributed by atoms with Crippen molar-refractivity contribution >= 4 is 35.6 Å². The van der Waals surface area contributed by atoms with E-state index in [1.165, 1.54) is 29.8 Å². The largest absolute Gasteiger partial charge is 0.508 e. The van der Waals surface area contributed by atoms with Crippen LogP contribution in [0, 0.1) is 0 Å². The van der Waals surface area contributed by atoms with Gasteiger partial charge in [0.05, 0.1) is 7.11 Å². The monoisotopic (exact) mass is 525 g/mol. The van der Waals surface area contributed by atoms with Gasteiger partial charge in [-0.05, 0) is 58.6 Å². The minimum atomic E-state index is -1.27. The number of nitrogens with one attached hydrogen (secondary N) is 2. The Kier molecular flexibility index (Phi) is 12.6. The summed E-state index contributed by atoms with van der Waals surface area (Å²) in [4.78, 5) is 52.9. The first kappa shape index (κ1) is 31.1. The van der Waals surface area contributed by atoms with Gasteiger partial charge in [0.2, 0.25) is 11.8 Å². The highest BCUT2D eigenvalue weighted by molar-refractivity contribution is 7.98. The van der Waals surface area contributed by atoms with Crippen LogP contribution < -0.4 is 10.6 Å². The van der Waals surface area contributed by atoms with Gasteiger partial charge in [-0.3, -0.25) is 14.4 Å². The Hall–Kier alpha value is -2.95. The fourth-order valence-electron chi connectivity index (χ4n) is 3.38. The lowest BCUT2D eigenvalue weighted by Crippen LogP contribution is -2.55. The van der Waals surface area contributed by atoms with E-state index in [-0.39, 0.29) is 11.3 Å².